The number of nitrogens with one attached hydrogen (secondary N) is 1. The number of nitrogens with zero attached hydrogens (tertiary/aromatic N) is 1. The van der Waals surface area contributed by atoms with E-state index in [4.69, 9.17) is 14.2 Å². The standard InChI is InChI=1S/C23H28N2O5/c1-4-25-13-11-17-18(23(25)27)6-5-7-19(17)30-15-22(26)24-12-10-16-8-9-20(28-2)21(14-16)29-3/h5-9,14H,4,10-13,15H2,1-3H3,(H,24,26). The van der Waals surface area contributed by atoms with E-state index in [1.807, 2.05) is 42.2 Å². The Morgan fingerprint density at radius 1 is 1.10 bits per heavy atom. The minimum Gasteiger partial charge on any atom is -0.493 e. The fourth-order valence-corrected chi connectivity index (χ4v) is 3.56. The Morgan fingerprint density at radius 3 is 2.63 bits per heavy atom. The van der Waals surface area contributed by atoms with Crippen molar-refractivity contribution in [3.05, 3.63) is 53.1 Å². The number of carbonyl (C=O) groups excluding carboxylic acids is 2. The summed E-state index contributed by atoms with van der Waals surface area (Å²) < 4.78 is 16.3. The number of benzene rings is 2. The lowest BCUT2D eigenvalue weighted by molar-refractivity contribution is -0.123. The molecule has 3 rings (SSSR count). The molecule has 7 heteroatoms. The number of hydrogen-bond acceptors (Lipinski definition) is 5. The molecular weight excluding hydrogens is 384 g/mol. The van der Waals surface area contributed by atoms with Gasteiger partial charge < -0.3 is 24.4 Å². The molecular formula is C23H28N2O5. The third-order valence-corrected chi connectivity index (χ3v) is 5.21. The summed E-state index contributed by atoms with van der Waals surface area (Å²) in [6.45, 7) is 3.71. The molecule has 7 nitrogen and oxygen atoms in total. The van der Waals surface area contributed by atoms with E-state index in [-0.39, 0.29) is 18.4 Å². The summed E-state index contributed by atoms with van der Waals surface area (Å²) in [5.74, 6) is 1.75. The van der Waals surface area contributed by atoms with Crippen LogP contribution in [0.1, 0.15) is 28.4 Å². The van der Waals surface area contributed by atoms with Gasteiger partial charge in [0.2, 0.25) is 0 Å². The minimum atomic E-state index is -0.203. The molecule has 1 heterocycles. The van der Waals surface area contributed by atoms with E-state index in [0.29, 0.717) is 48.9 Å². The Balaban J connectivity index is 1.51. The van der Waals surface area contributed by atoms with Crippen molar-refractivity contribution in [2.24, 2.45) is 0 Å². The van der Waals surface area contributed by atoms with Gasteiger partial charge in [-0.15, -0.1) is 0 Å². The van der Waals surface area contributed by atoms with Crippen molar-refractivity contribution in [2.45, 2.75) is 19.8 Å². The quantitative estimate of drug-likeness (QED) is 0.685. The fraction of sp³-hybridized carbons (Fsp3) is 0.391. The fourth-order valence-electron chi connectivity index (χ4n) is 3.56. The summed E-state index contributed by atoms with van der Waals surface area (Å²) in [5.41, 5.74) is 2.57. The van der Waals surface area contributed by atoms with Gasteiger partial charge in [0, 0.05) is 30.8 Å². The minimum absolute atomic E-state index is 0.0172. The largest absolute Gasteiger partial charge is 0.493 e. The van der Waals surface area contributed by atoms with Crippen LogP contribution in [0.3, 0.4) is 0 Å². The van der Waals surface area contributed by atoms with Gasteiger partial charge in [0.15, 0.2) is 18.1 Å². The van der Waals surface area contributed by atoms with Crippen molar-refractivity contribution in [2.75, 3.05) is 40.5 Å². The van der Waals surface area contributed by atoms with Crippen LogP contribution in [0.5, 0.6) is 17.2 Å². The van der Waals surface area contributed by atoms with Crippen molar-refractivity contribution < 1.29 is 23.8 Å². The smallest absolute Gasteiger partial charge is 0.257 e. The number of methoxy groups -OCH3 is 2. The predicted octanol–water partition coefficient (Wildman–Crippen LogP) is 2.46. The van der Waals surface area contributed by atoms with Crippen molar-refractivity contribution >= 4 is 11.8 Å². The number of rotatable bonds is 9. The highest BCUT2D eigenvalue weighted by molar-refractivity contribution is 5.97. The summed E-state index contributed by atoms with van der Waals surface area (Å²) in [5, 5.41) is 2.86. The maximum atomic E-state index is 12.5. The van der Waals surface area contributed by atoms with E-state index in [9.17, 15) is 9.59 Å². The number of fused-ring (bicyclic) bond motifs is 1. The van der Waals surface area contributed by atoms with E-state index in [1.165, 1.54) is 0 Å². The first-order valence-corrected chi connectivity index (χ1v) is 10.1. The highest BCUT2D eigenvalue weighted by atomic mass is 16.5. The van der Waals surface area contributed by atoms with Crippen LogP contribution in [-0.2, 0) is 17.6 Å². The molecule has 0 aromatic heterocycles. The zero-order valence-electron chi connectivity index (χ0n) is 17.7. The van der Waals surface area contributed by atoms with Gasteiger partial charge in [0.25, 0.3) is 11.8 Å². The summed E-state index contributed by atoms with van der Waals surface area (Å²) in [6, 6.07) is 11.1. The van der Waals surface area contributed by atoms with Gasteiger partial charge in [-0.2, -0.15) is 0 Å². The second kappa shape index (κ2) is 10.0. The van der Waals surface area contributed by atoms with E-state index >= 15 is 0 Å². The Hall–Kier alpha value is -3.22. The molecule has 2 amide bonds. The predicted molar refractivity (Wildman–Crippen MR) is 113 cm³/mol. The molecule has 0 aliphatic carbocycles. The maximum absolute atomic E-state index is 12.5. The maximum Gasteiger partial charge on any atom is 0.257 e. The Labute approximate surface area is 176 Å². The first kappa shape index (κ1) is 21.5. The second-order valence-electron chi connectivity index (χ2n) is 7.00. The molecule has 0 bridgehead atoms. The van der Waals surface area contributed by atoms with Crippen molar-refractivity contribution in [3.63, 3.8) is 0 Å². The third kappa shape index (κ3) is 4.84. The Kier molecular flexibility index (Phi) is 7.17. The number of hydrogen-bond donors (Lipinski definition) is 1. The highest BCUT2D eigenvalue weighted by Crippen LogP contribution is 2.28. The molecule has 0 unspecified atom stereocenters. The van der Waals surface area contributed by atoms with Crippen LogP contribution in [0.2, 0.25) is 0 Å². The van der Waals surface area contributed by atoms with Crippen molar-refractivity contribution in [1.29, 1.82) is 0 Å². The summed E-state index contributed by atoms with van der Waals surface area (Å²) >= 11 is 0. The van der Waals surface area contributed by atoms with E-state index in [2.05, 4.69) is 5.32 Å². The number of carbonyl (C=O) groups is 2. The average molecular weight is 412 g/mol. The molecule has 0 radical (unpaired) electrons. The first-order chi connectivity index (χ1) is 14.6. The molecule has 1 N–H and O–H groups in total. The van der Waals surface area contributed by atoms with Crippen LogP contribution >= 0.6 is 0 Å². The second-order valence-corrected chi connectivity index (χ2v) is 7.00. The molecule has 1 aliphatic rings. The van der Waals surface area contributed by atoms with Crippen molar-refractivity contribution in [3.8, 4) is 17.2 Å². The first-order valence-electron chi connectivity index (χ1n) is 10.1. The Bertz CT molecular complexity index is 912. The zero-order valence-corrected chi connectivity index (χ0v) is 17.7. The van der Waals surface area contributed by atoms with E-state index < -0.39 is 0 Å². The van der Waals surface area contributed by atoms with Crippen LogP contribution in [0.15, 0.2) is 36.4 Å². The molecule has 0 saturated carbocycles. The van der Waals surface area contributed by atoms with E-state index in [1.54, 1.807) is 20.3 Å². The Morgan fingerprint density at radius 2 is 1.90 bits per heavy atom. The van der Waals surface area contributed by atoms with Crippen LogP contribution in [-0.4, -0.2) is 57.2 Å². The SMILES string of the molecule is CCN1CCc2c(OCC(=O)NCCc3ccc(OC)c(OC)c3)cccc2C1=O. The van der Waals surface area contributed by atoms with Crippen LogP contribution < -0.4 is 19.5 Å². The molecule has 0 spiro atoms. The van der Waals surface area contributed by atoms with Gasteiger partial charge in [0.1, 0.15) is 5.75 Å². The number of amides is 2. The highest BCUT2D eigenvalue weighted by Gasteiger charge is 2.25. The zero-order chi connectivity index (χ0) is 21.5. The van der Waals surface area contributed by atoms with Gasteiger partial charge in [-0.25, -0.2) is 0 Å². The van der Waals surface area contributed by atoms with Crippen LogP contribution in [0, 0.1) is 0 Å². The normalized spacial score (nSPS) is 12.9. The molecule has 0 saturated heterocycles. The monoisotopic (exact) mass is 412 g/mol. The van der Waals surface area contributed by atoms with Crippen LogP contribution in [0.4, 0.5) is 0 Å². The molecule has 0 fully saturated rings. The molecule has 1 aliphatic heterocycles. The number of ether oxygens (including phenoxy) is 3. The van der Waals surface area contributed by atoms with Crippen molar-refractivity contribution in [1.82, 2.24) is 10.2 Å². The molecule has 2 aromatic carbocycles. The molecule has 2 aromatic rings. The lowest BCUT2D eigenvalue weighted by Gasteiger charge is -2.28. The lowest BCUT2D eigenvalue weighted by Crippen LogP contribution is -2.37. The molecule has 0 atom stereocenters. The molecule has 30 heavy (non-hydrogen) atoms. The third-order valence-electron chi connectivity index (χ3n) is 5.21. The summed E-state index contributed by atoms with van der Waals surface area (Å²) in [4.78, 5) is 26.5. The number of likely N-dealkylation sites (N-methyl/N-ethyl adjacent to an activating group) is 1. The van der Waals surface area contributed by atoms with Crippen LogP contribution in [0.25, 0.3) is 0 Å². The lowest BCUT2D eigenvalue weighted by atomic mass is 9.98. The van der Waals surface area contributed by atoms with Gasteiger partial charge in [-0.3, -0.25) is 9.59 Å². The van der Waals surface area contributed by atoms with Gasteiger partial charge in [-0.05, 0) is 49.6 Å². The van der Waals surface area contributed by atoms with Gasteiger partial charge in [0.05, 0.1) is 14.2 Å². The van der Waals surface area contributed by atoms with E-state index in [0.717, 1.165) is 17.5 Å². The summed E-state index contributed by atoms with van der Waals surface area (Å²) in [7, 11) is 3.19. The topological polar surface area (TPSA) is 77.1 Å². The van der Waals surface area contributed by atoms with Gasteiger partial charge >= 0.3 is 0 Å². The summed E-state index contributed by atoms with van der Waals surface area (Å²) in [6.07, 6.45) is 1.39. The molecule has 160 valence electrons. The van der Waals surface area contributed by atoms with Gasteiger partial charge in [-0.1, -0.05) is 12.1 Å². The average Bonchev–Trinajstić information content (AvgIpc) is 2.78.